The number of halogens is 2. The number of amides is 2. The van der Waals surface area contributed by atoms with Crippen molar-refractivity contribution in [3.8, 4) is 5.75 Å². The third kappa shape index (κ3) is 5.22. The summed E-state index contributed by atoms with van der Waals surface area (Å²) in [5.41, 5.74) is 1.81. The summed E-state index contributed by atoms with van der Waals surface area (Å²) in [7, 11) is 0. The first kappa shape index (κ1) is 18.8. The summed E-state index contributed by atoms with van der Waals surface area (Å²) >= 11 is 12.0. The number of carbonyl (C=O) groups excluding carboxylic acids is 1. The predicted molar refractivity (Wildman–Crippen MR) is 105 cm³/mol. The molecule has 2 aromatic carbocycles. The fourth-order valence-electron chi connectivity index (χ4n) is 2.07. The van der Waals surface area contributed by atoms with Crippen molar-refractivity contribution in [2.45, 2.75) is 6.61 Å². The highest BCUT2D eigenvalue weighted by molar-refractivity contribution is 6.35. The highest BCUT2D eigenvalue weighted by Crippen LogP contribution is 2.23. The van der Waals surface area contributed by atoms with Crippen molar-refractivity contribution in [2.24, 2.45) is 20.4 Å². The zero-order valence-electron chi connectivity index (χ0n) is 13.9. The summed E-state index contributed by atoms with van der Waals surface area (Å²) in [6.45, 7) is 3.92. The molecule has 3 rings (SSSR count). The molecule has 0 unspecified atom stereocenters. The minimum atomic E-state index is -0.618. The number of ether oxygens (including phenoxy) is 1. The van der Waals surface area contributed by atoms with Crippen molar-refractivity contribution in [3.05, 3.63) is 75.9 Å². The van der Waals surface area contributed by atoms with Crippen LogP contribution in [0.15, 0.2) is 75.2 Å². The fraction of sp³-hybridized carbons (Fsp3) is 0.0556. The molecule has 7 nitrogen and oxygen atoms in total. The molecule has 0 aromatic heterocycles. The third-order valence-corrected chi connectivity index (χ3v) is 3.98. The maximum Gasteiger partial charge on any atom is 0.365 e. The van der Waals surface area contributed by atoms with Crippen LogP contribution >= 0.6 is 23.2 Å². The largest absolute Gasteiger partial charge is 0.489 e. The Morgan fingerprint density at radius 3 is 2.85 bits per heavy atom. The van der Waals surface area contributed by atoms with Gasteiger partial charge in [0.1, 0.15) is 18.1 Å². The Morgan fingerprint density at radius 1 is 1.19 bits per heavy atom. The van der Waals surface area contributed by atoms with E-state index < -0.39 is 6.03 Å². The highest BCUT2D eigenvalue weighted by Gasteiger charge is 2.14. The molecule has 1 heterocycles. The Kier molecular flexibility index (Phi) is 5.95. The first-order valence-corrected chi connectivity index (χ1v) is 8.47. The molecule has 27 heavy (non-hydrogen) atoms. The second kappa shape index (κ2) is 8.57. The normalized spacial score (nSPS) is 15.4. The van der Waals surface area contributed by atoms with Gasteiger partial charge < -0.3 is 4.74 Å². The lowest BCUT2D eigenvalue weighted by Crippen LogP contribution is -2.31. The lowest BCUT2D eigenvalue weighted by Gasteiger charge is -2.08. The Labute approximate surface area is 165 Å². The molecule has 1 N–H and O–H groups in total. The molecule has 0 saturated carbocycles. The van der Waals surface area contributed by atoms with Gasteiger partial charge in [0.05, 0.1) is 6.21 Å². The van der Waals surface area contributed by atoms with Gasteiger partial charge in [0, 0.05) is 15.6 Å². The summed E-state index contributed by atoms with van der Waals surface area (Å²) in [5.74, 6) is 0.790. The molecule has 0 bridgehead atoms. The number of nitrogens with one attached hydrogen (secondary N) is 1. The molecule has 0 fully saturated rings. The van der Waals surface area contributed by atoms with Crippen LogP contribution < -0.4 is 10.1 Å². The van der Waals surface area contributed by atoms with Gasteiger partial charge in [0.2, 0.25) is 0 Å². The highest BCUT2D eigenvalue weighted by atomic mass is 35.5. The summed E-state index contributed by atoms with van der Waals surface area (Å²) in [6.07, 6.45) is 1.51. The molecule has 2 aromatic rings. The number of rotatable bonds is 5. The smallest absolute Gasteiger partial charge is 0.365 e. The van der Waals surface area contributed by atoms with Gasteiger partial charge in [-0.15, -0.1) is 10.2 Å². The number of carbonyl (C=O) groups is 1. The lowest BCUT2D eigenvalue weighted by molar-refractivity contribution is 0.251. The molecular weight excluding hydrogens is 389 g/mol. The number of azo groups is 1. The first-order chi connectivity index (χ1) is 13.0. The van der Waals surface area contributed by atoms with Crippen molar-refractivity contribution in [1.29, 1.82) is 0 Å². The van der Waals surface area contributed by atoms with Gasteiger partial charge in [-0.25, -0.2) is 4.79 Å². The third-order valence-electron chi connectivity index (χ3n) is 3.39. The molecule has 0 atom stereocenters. The van der Waals surface area contributed by atoms with Crippen molar-refractivity contribution < 1.29 is 9.53 Å². The predicted octanol–water partition coefficient (Wildman–Crippen LogP) is 4.99. The molecule has 2 amide bonds. The molecule has 0 radical (unpaired) electrons. The van der Waals surface area contributed by atoms with Crippen LogP contribution in [0.3, 0.4) is 0 Å². The van der Waals surface area contributed by atoms with E-state index in [1.807, 2.05) is 24.3 Å². The van der Waals surface area contributed by atoms with Crippen molar-refractivity contribution in [2.75, 3.05) is 0 Å². The maximum absolute atomic E-state index is 11.1. The van der Waals surface area contributed by atoms with Gasteiger partial charge in [-0.3, -0.25) is 5.32 Å². The van der Waals surface area contributed by atoms with Gasteiger partial charge in [0.25, 0.3) is 0 Å². The van der Waals surface area contributed by atoms with Crippen LogP contribution in [0.2, 0.25) is 10.0 Å². The number of urea groups is 1. The second-order valence-electron chi connectivity index (χ2n) is 5.37. The Bertz CT molecular complexity index is 985. The Hall–Kier alpha value is -3.03. The monoisotopic (exact) mass is 401 g/mol. The number of hydrogen-bond acceptors (Lipinski definition) is 5. The molecule has 9 heteroatoms. The summed E-state index contributed by atoms with van der Waals surface area (Å²) in [4.78, 5) is 11.1. The molecule has 0 aliphatic carbocycles. The lowest BCUT2D eigenvalue weighted by atomic mass is 10.2. The van der Waals surface area contributed by atoms with E-state index in [0.29, 0.717) is 22.4 Å². The molecule has 136 valence electrons. The molecule has 1 aliphatic rings. The average molecular weight is 402 g/mol. The molecule has 0 spiro atoms. The Balaban J connectivity index is 1.66. The summed E-state index contributed by atoms with van der Waals surface area (Å²) in [6, 6.07) is 11.9. The van der Waals surface area contributed by atoms with Crippen molar-refractivity contribution in [3.63, 3.8) is 0 Å². The second-order valence-corrected chi connectivity index (χ2v) is 6.21. The van der Waals surface area contributed by atoms with Gasteiger partial charge >= 0.3 is 6.03 Å². The van der Waals surface area contributed by atoms with E-state index in [1.54, 1.807) is 18.2 Å². The SMILES string of the molecule is C=C1N=NC(=O)N/C1=N/N=C/c1cccc(OCc2ccc(Cl)cc2Cl)c1. The first-order valence-electron chi connectivity index (χ1n) is 7.71. The van der Waals surface area contributed by atoms with E-state index in [9.17, 15) is 4.79 Å². The number of benzene rings is 2. The van der Waals surface area contributed by atoms with E-state index in [0.717, 1.165) is 11.1 Å². The zero-order chi connectivity index (χ0) is 19.2. The van der Waals surface area contributed by atoms with Crippen LogP contribution in [0.25, 0.3) is 0 Å². The van der Waals surface area contributed by atoms with E-state index in [-0.39, 0.29) is 11.5 Å². The van der Waals surface area contributed by atoms with Crippen molar-refractivity contribution in [1.82, 2.24) is 5.32 Å². The summed E-state index contributed by atoms with van der Waals surface area (Å²) < 4.78 is 5.76. The van der Waals surface area contributed by atoms with Crippen LogP contribution in [0.5, 0.6) is 5.75 Å². The van der Waals surface area contributed by atoms with Crippen LogP contribution in [0.1, 0.15) is 11.1 Å². The molecule has 0 saturated heterocycles. The zero-order valence-corrected chi connectivity index (χ0v) is 15.4. The number of hydrogen-bond donors (Lipinski definition) is 1. The van der Waals surface area contributed by atoms with Gasteiger partial charge in [-0.2, -0.15) is 5.10 Å². The van der Waals surface area contributed by atoms with Crippen LogP contribution in [-0.4, -0.2) is 18.1 Å². The molecule has 1 aliphatic heterocycles. The van der Waals surface area contributed by atoms with Crippen LogP contribution in [0.4, 0.5) is 4.79 Å². The average Bonchev–Trinajstić information content (AvgIpc) is 2.64. The topological polar surface area (TPSA) is 87.8 Å². The molecular formula is C18H13Cl2N5O2. The van der Waals surface area contributed by atoms with Crippen LogP contribution in [0, 0.1) is 0 Å². The van der Waals surface area contributed by atoms with Gasteiger partial charge in [-0.05, 0) is 29.8 Å². The quantitative estimate of drug-likeness (QED) is 0.564. The van der Waals surface area contributed by atoms with E-state index >= 15 is 0 Å². The minimum Gasteiger partial charge on any atom is -0.489 e. The summed E-state index contributed by atoms with van der Waals surface area (Å²) in [5, 5.41) is 18.2. The van der Waals surface area contributed by atoms with E-state index in [2.05, 4.69) is 32.3 Å². The van der Waals surface area contributed by atoms with Crippen molar-refractivity contribution >= 4 is 41.3 Å². The minimum absolute atomic E-state index is 0.149. The van der Waals surface area contributed by atoms with Gasteiger partial charge in [0.15, 0.2) is 5.84 Å². The van der Waals surface area contributed by atoms with E-state index in [4.69, 9.17) is 27.9 Å². The Morgan fingerprint density at radius 2 is 2.04 bits per heavy atom. The maximum atomic E-state index is 11.1. The van der Waals surface area contributed by atoms with Crippen LogP contribution in [-0.2, 0) is 6.61 Å². The standard InChI is InChI=1S/C18H13Cl2N5O2/c1-11-17(22-18(26)25-23-11)24-21-9-12-3-2-4-15(7-12)27-10-13-5-6-14(19)8-16(13)20/h2-9H,1,10H2,(H,22,24,26)/b21-9+. The number of nitrogens with zero attached hydrogens (tertiary/aromatic N) is 4. The fourth-order valence-corrected chi connectivity index (χ4v) is 2.54. The van der Waals surface area contributed by atoms with Gasteiger partial charge in [-0.1, -0.05) is 53.1 Å². The number of amidine groups is 1. The van der Waals surface area contributed by atoms with E-state index in [1.165, 1.54) is 6.21 Å².